The van der Waals surface area contributed by atoms with Crippen LogP contribution in [-0.2, 0) is 6.42 Å². The van der Waals surface area contributed by atoms with E-state index in [2.05, 4.69) is 23.0 Å². The molecular weight excluding hydrogens is 182 g/mol. The second kappa shape index (κ2) is 4.14. The molecule has 2 aromatic rings. The third-order valence-corrected chi connectivity index (χ3v) is 2.47. The smallest absolute Gasteiger partial charge is 0.0707 e. The summed E-state index contributed by atoms with van der Waals surface area (Å²) in [5.41, 5.74) is 3.42. The van der Waals surface area contributed by atoms with Gasteiger partial charge in [-0.25, -0.2) is 0 Å². The second-order valence-electron chi connectivity index (χ2n) is 3.64. The first kappa shape index (κ1) is 9.73. The summed E-state index contributed by atoms with van der Waals surface area (Å²) in [5, 5.41) is 1.22. The lowest BCUT2D eigenvalue weighted by atomic mass is 10.0. The molecule has 0 saturated heterocycles. The fraction of sp³-hybridized carbons (Fsp3) is 0.214. The maximum absolute atomic E-state index is 5.29. The molecule has 0 radical (unpaired) electrons. The van der Waals surface area contributed by atoms with Crippen LogP contribution in [0.3, 0.4) is 0 Å². The molecular formula is C14H13N. The topological polar surface area (TPSA) is 12.9 Å². The van der Waals surface area contributed by atoms with Crippen molar-refractivity contribution < 1.29 is 0 Å². The van der Waals surface area contributed by atoms with Gasteiger partial charge in [-0.2, -0.15) is 0 Å². The van der Waals surface area contributed by atoms with Crippen LogP contribution in [0.2, 0.25) is 0 Å². The highest BCUT2D eigenvalue weighted by molar-refractivity contribution is 5.82. The van der Waals surface area contributed by atoms with Crippen LogP contribution in [0.5, 0.6) is 0 Å². The molecule has 0 unspecified atom stereocenters. The van der Waals surface area contributed by atoms with Crippen molar-refractivity contribution in [3.63, 3.8) is 0 Å². The fourth-order valence-electron chi connectivity index (χ4n) is 1.81. The molecule has 74 valence electrons. The van der Waals surface area contributed by atoms with E-state index in [1.54, 1.807) is 0 Å². The Morgan fingerprint density at radius 3 is 2.93 bits per heavy atom. The molecule has 0 bridgehead atoms. The van der Waals surface area contributed by atoms with E-state index in [9.17, 15) is 0 Å². The quantitative estimate of drug-likeness (QED) is 0.671. The number of rotatable bonds is 2. The molecule has 15 heavy (non-hydrogen) atoms. The Balaban J connectivity index is 2.56. The highest BCUT2D eigenvalue weighted by Gasteiger charge is 2.02. The SMILES string of the molecule is C#CCCc1cc(C)nc2ccccc12. The maximum Gasteiger partial charge on any atom is 0.0707 e. The predicted molar refractivity (Wildman–Crippen MR) is 63.6 cm³/mol. The number of fused-ring (bicyclic) bond motifs is 1. The Morgan fingerprint density at radius 1 is 1.33 bits per heavy atom. The van der Waals surface area contributed by atoms with Gasteiger partial charge in [0, 0.05) is 17.5 Å². The summed E-state index contributed by atoms with van der Waals surface area (Å²) in [7, 11) is 0. The predicted octanol–water partition coefficient (Wildman–Crippen LogP) is 3.11. The first-order valence-corrected chi connectivity index (χ1v) is 5.10. The van der Waals surface area contributed by atoms with Crippen LogP contribution in [0.15, 0.2) is 30.3 Å². The summed E-state index contributed by atoms with van der Waals surface area (Å²) in [4.78, 5) is 4.49. The molecule has 0 spiro atoms. The zero-order chi connectivity index (χ0) is 10.7. The summed E-state index contributed by atoms with van der Waals surface area (Å²) in [5.74, 6) is 2.68. The summed E-state index contributed by atoms with van der Waals surface area (Å²) >= 11 is 0. The van der Waals surface area contributed by atoms with E-state index >= 15 is 0 Å². The molecule has 1 aromatic carbocycles. The van der Waals surface area contributed by atoms with Gasteiger partial charge < -0.3 is 0 Å². The lowest BCUT2D eigenvalue weighted by Crippen LogP contribution is -1.91. The van der Waals surface area contributed by atoms with Gasteiger partial charge >= 0.3 is 0 Å². The van der Waals surface area contributed by atoms with E-state index in [0.717, 1.165) is 24.1 Å². The Hall–Kier alpha value is -1.81. The summed E-state index contributed by atoms with van der Waals surface area (Å²) < 4.78 is 0. The highest BCUT2D eigenvalue weighted by Crippen LogP contribution is 2.19. The van der Waals surface area contributed by atoms with Crippen LogP contribution in [0, 0.1) is 19.3 Å². The monoisotopic (exact) mass is 195 g/mol. The van der Waals surface area contributed by atoms with Crippen molar-refractivity contribution in [2.45, 2.75) is 19.8 Å². The number of nitrogens with zero attached hydrogens (tertiary/aromatic N) is 1. The molecule has 1 heteroatoms. The first-order valence-electron chi connectivity index (χ1n) is 5.10. The summed E-state index contributed by atoms with van der Waals surface area (Å²) in [6, 6.07) is 10.3. The highest BCUT2D eigenvalue weighted by atomic mass is 14.7. The first-order chi connectivity index (χ1) is 7.31. The van der Waals surface area contributed by atoms with E-state index < -0.39 is 0 Å². The summed E-state index contributed by atoms with van der Waals surface area (Å²) in [6.07, 6.45) is 7.01. The van der Waals surface area contributed by atoms with Crippen LogP contribution in [-0.4, -0.2) is 4.98 Å². The van der Waals surface area contributed by atoms with Crippen molar-refractivity contribution in [2.24, 2.45) is 0 Å². The van der Waals surface area contributed by atoms with Gasteiger partial charge in [-0.3, -0.25) is 4.98 Å². The standard InChI is InChI=1S/C14H13N/c1-3-4-7-12-10-11(2)15-14-9-6-5-8-13(12)14/h1,5-6,8-10H,4,7H2,2H3. The zero-order valence-corrected chi connectivity index (χ0v) is 8.83. The van der Waals surface area contributed by atoms with Gasteiger partial charge in [0.15, 0.2) is 0 Å². The van der Waals surface area contributed by atoms with Crippen LogP contribution in [0.25, 0.3) is 10.9 Å². The van der Waals surface area contributed by atoms with E-state index in [1.807, 2.05) is 25.1 Å². The molecule has 0 aliphatic rings. The number of hydrogen-bond donors (Lipinski definition) is 0. The fourth-order valence-corrected chi connectivity index (χ4v) is 1.81. The molecule has 0 saturated carbocycles. The number of pyridine rings is 1. The van der Waals surface area contributed by atoms with Gasteiger partial charge in [-0.15, -0.1) is 12.3 Å². The molecule has 0 fully saturated rings. The largest absolute Gasteiger partial charge is 0.253 e. The van der Waals surface area contributed by atoms with Crippen LogP contribution in [0.1, 0.15) is 17.7 Å². The lowest BCUT2D eigenvalue weighted by Gasteiger charge is -2.05. The Kier molecular flexibility index (Phi) is 2.69. The van der Waals surface area contributed by atoms with Crippen LogP contribution >= 0.6 is 0 Å². The van der Waals surface area contributed by atoms with Gasteiger partial charge in [0.1, 0.15) is 0 Å². The lowest BCUT2D eigenvalue weighted by molar-refractivity contribution is 1.03. The van der Waals surface area contributed by atoms with Crippen molar-refractivity contribution in [1.29, 1.82) is 0 Å². The number of terminal acetylenes is 1. The minimum atomic E-state index is 0.785. The maximum atomic E-state index is 5.29. The van der Waals surface area contributed by atoms with E-state index in [-0.39, 0.29) is 0 Å². The molecule has 1 nitrogen and oxygen atoms in total. The van der Waals surface area contributed by atoms with Crippen molar-refractivity contribution in [3.8, 4) is 12.3 Å². The number of aromatic nitrogens is 1. The van der Waals surface area contributed by atoms with Gasteiger partial charge in [-0.1, -0.05) is 18.2 Å². The van der Waals surface area contributed by atoms with Gasteiger partial charge in [0.2, 0.25) is 0 Å². The van der Waals surface area contributed by atoms with Crippen molar-refractivity contribution in [1.82, 2.24) is 4.98 Å². The minimum absolute atomic E-state index is 0.785. The van der Waals surface area contributed by atoms with Crippen LogP contribution < -0.4 is 0 Å². The Morgan fingerprint density at radius 2 is 2.13 bits per heavy atom. The zero-order valence-electron chi connectivity index (χ0n) is 8.83. The Labute approximate surface area is 90.2 Å². The number of benzene rings is 1. The van der Waals surface area contributed by atoms with Gasteiger partial charge in [-0.05, 0) is 31.0 Å². The molecule has 0 aliphatic carbocycles. The van der Waals surface area contributed by atoms with E-state index in [4.69, 9.17) is 6.42 Å². The van der Waals surface area contributed by atoms with Crippen molar-refractivity contribution in [3.05, 3.63) is 41.6 Å². The van der Waals surface area contributed by atoms with Crippen LogP contribution in [0.4, 0.5) is 0 Å². The molecule has 0 N–H and O–H groups in total. The average Bonchev–Trinajstić information content (AvgIpc) is 2.25. The minimum Gasteiger partial charge on any atom is -0.253 e. The van der Waals surface area contributed by atoms with Gasteiger partial charge in [0.25, 0.3) is 0 Å². The number of hydrogen-bond acceptors (Lipinski definition) is 1. The van der Waals surface area contributed by atoms with E-state index in [1.165, 1.54) is 10.9 Å². The van der Waals surface area contributed by atoms with Crippen molar-refractivity contribution >= 4 is 10.9 Å². The molecule has 1 heterocycles. The number of aryl methyl sites for hydroxylation is 2. The molecule has 0 amide bonds. The van der Waals surface area contributed by atoms with E-state index in [0.29, 0.717) is 0 Å². The Bertz CT molecular complexity index is 520. The molecule has 1 aromatic heterocycles. The molecule has 0 atom stereocenters. The number of para-hydroxylation sites is 1. The summed E-state index contributed by atoms with van der Waals surface area (Å²) in [6.45, 7) is 2.02. The molecule has 0 aliphatic heterocycles. The third kappa shape index (κ3) is 1.99. The van der Waals surface area contributed by atoms with Gasteiger partial charge in [0.05, 0.1) is 5.52 Å². The molecule has 2 rings (SSSR count). The average molecular weight is 195 g/mol. The second-order valence-corrected chi connectivity index (χ2v) is 3.64. The normalized spacial score (nSPS) is 10.1. The third-order valence-electron chi connectivity index (χ3n) is 2.47. The van der Waals surface area contributed by atoms with Crippen molar-refractivity contribution in [2.75, 3.05) is 0 Å².